The van der Waals surface area contributed by atoms with E-state index in [-0.39, 0.29) is 11.7 Å². The fourth-order valence-corrected chi connectivity index (χ4v) is 3.02. The summed E-state index contributed by atoms with van der Waals surface area (Å²) in [6, 6.07) is 9.96. The van der Waals surface area contributed by atoms with E-state index in [0.29, 0.717) is 11.7 Å². The van der Waals surface area contributed by atoms with E-state index >= 15 is 0 Å². The van der Waals surface area contributed by atoms with Gasteiger partial charge in [0.15, 0.2) is 5.16 Å². The first-order valence-electron chi connectivity index (χ1n) is 7.89. The molecule has 1 amide bonds. The maximum Gasteiger partial charge on any atom is 0.230 e. The Morgan fingerprint density at radius 3 is 2.88 bits per heavy atom. The molecule has 7 heteroatoms. The van der Waals surface area contributed by atoms with Crippen molar-refractivity contribution < 1.29 is 4.79 Å². The van der Waals surface area contributed by atoms with E-state index in [1.807, 2.05) is 22.8 Å². The minimum Gasteiger partial charge on any atom is -0.351 e. The molecule has 0 fully saturated rings. The van der Waals surface area contributed by atoms with Crippen LogP contribution in [0, 0.1) is 13.8 Å². The highest BCUT2D eigenvalue weighted by Gasteiger charge is 2.10. The standard InChI is InChI=1S/C18H19N5OS/c1-13-5-6-16(8-14(13)2)23-12-21-22-18(23)25-11-17(24)20-10-15-4-3-7-19-9-15/h3-9,12H,10-11H2,1-2H3,(H,20,24). The number of thioether (sulfide) groups is 1. The Bertz CT molecular complexity index is 863. The van der Waals surface area contributed by atoms with E-state index in [1.54, 1.807) is 18.7 Å². The smallest absolute Gasteiger partial charge is 0.230 e. The number of pyridine rings is 1. The zero-order chi connectivity index (χ0) is 17.6. The molecule has 0 bridgehead atoms. The molecule has 3 rings (SSSR count). The minimum absolute atomic E-state index is 0.0523. The predicted molar refractivity (Wildman–Crippen MR) is 97.6 cm³/mol. The number of nitrogens with one attached hydrogen (secondary N) is 1. The Hall–Kier alpha value is -2.67. The second-order valence-electron chi connectivity index (χ2n) is 5.68. The van der Waals surface area contributed by atoms with Crippen LogP contribution in [-0.2, 0) is 11.3 Å². The van der Waals surface area contributed by atoms with Crippen molar-refractivity contribution in [1.82, 2.24) is 25.1 Å². The number of hydrogen-bond acceptors (Lipinski definition) is 5. The minimum atomic E-state index is -0.0523. The molecule has 0 aliphatic heterocycles. The van der Waals surface area contributed by atoms with Crippen LogP contribution in [0.1, 0.15) is 16.7 Å². The highest BCUT2D eigenvalue weighted by Crippen LogP contribution is 2.21. The van der Waals surface area contributed by atoms with Crippen LogP contribution in [0.3, 0.4) is 0 Å². The summed E-state index contributed by atoms with van der Waals surface area (Å²) < 4.78 is 1.89. The second kappa shape index (κ2) is 7.94. The Balaban J connectivity index is 1.59. The molecule has 0 aliphatic carbocycles. The van der Waals surface area contributed by atoms with E-state index in [4.69, 9.17) is 0 Å². The summed E-state index contributed by atoms with van der Waals surface area (Å²) in [5.74, 6) is 0.229. The fraction of sp³-hybridized carbons (Fsp3) is 0.222. The van der Waals surface area contributed by atoms with E-state index in [1.165, 1.54) is 22.9 Å². The lowest BCUT2D eigenvalue weighted by Gasteiger charge is -2.09. The van der Waals surface area contributed by atoms with Crippen molar-refractivity contribution in [1.29, 1.82) is 0 Å². The molecule has 2 heterocycles. The average Bonchev–Trinajstić information content (AvgIpc) is 3.10. The fourth-order valence-electron chi connectivity index (χ4n) is 2.26. The Morgan fingerprint density at radius 2 is 2.12 bits per heavy atom. The zero-order valence-corrected chi connectivity index (χ0v) is 15.0. The summed E-state index contributed by atoms with van der Waals surface area (Å²) in [5.41, 5.74) is 4.41. The molecule has 6 nitrogen and oxygen atoms in total. The number of benzene rings is 1. The largest absolute Gasteiger partial charge is 0.351 e. The third-order valence-electron chi connectivity index (χ3n) is 3.83. The number of amides is 1. The number of aromatic nitrogens is 4. The summed E-state index contributed by atoms with van der Waals surface area (Å²) in [7, 11) is 0. The van der Waals surface area contributed by atoms with Gasteiger partial charge < -0.3 is 5.32 Å². The van der Waals surface area contributed by atoms with Crippen LogP contribution < -0.4 is 5.32 Å². The molecule has 2 aromatic heterocycles. The first-order valence-corrected chi connectivity index (χ1v) is 8.88. The molecule has 0 radical (unpaired) electrons. The molecule has 3 aromatic rings. The molecule has 0 spiro atoms. The Labute approximate surface area is 150 Å². The highest BCUT2D eigenvalue weighted by atomic mass is 32.2. The molecule has 1 aromatic carbocycles. The third kappa shape index (κ3) is 4.45. The van der Waals surface area contributed by atoms with E-state index in [0.717, 1.165) is 11.3 Å². The van der Waals surface area contributed by atoms with Crippen LogP contribution in [0.5, 0.6) is 0 Å². The van der Waals surface area contributed by atoms with Crippen LogP contribution in [0.15, 0.2) is 54.2 Å². The summed E-state index contributed by atoms with van der Waals surface area (Å²) >= 11 is 1.36. The monoisotopic (exact) mass is 353 g/mol. The summed E-state index contributed by atoms with van der Waals surface area (Å²) in [6.07, 6.45) is 5.12. The van der Waals surface area contributed by atoms with Crippen molar-refractivity contribution in [2.75, 3.05) is 5.75 Å². The van der Waals surface area contributed by atoms with Crippen LogP contribution in [0.4, 0.5) is 0 Å². The number of nitrogens with zero attached hydrogens (tertiary/aromatic N) is 4. The lowest BCUT2D eigenvalue weighted by Crippen LogP contribution is -2.24. The van der Waals surface area contributed by atoms with Gasteiger partial charge in [-0.15, -0.1) is 10.2 Å². The van der Waals surface area contributed by atoms with Gasteiger partial charge in [-0.05, 0) is 48.7 Å². The van der Waals surface area contributed by atoms with Gasteiger partial charge in [0.25, 0.3) is 0 Å². The SMILES string of the molecule is Cc1ccc(-n2cnnc2SCC(=O)NCc2cccnc2)cc1C. The summed E-state index contributed by atoms with van der Waals surface area (Å²) in [5, 5.41) is 11.7. The lowest BCUT2D eigenvalue weighted by atomic mass is 10.1. The van der Waals surface area contributed by atoms with Crippen LogP contribution in [0.25, 0.3) is 5.69 Å². The van der Waals surface area contributed by atoms with Crippen molar-refractivity contribution in [3.8, 4) is 5.69 Å². The first kappa shape index (κ1) is 17.2. The molecule has 128 valence electrons. The Kier molecular flexibility index (Phi) is 5.45. The molecule has 1 N–H and O–H groups in total. The number of aryl methyl sites for hydroxylation is 2. The van der Waals surface area contributed by atoms with Gasteiger partial charge in [0, 0.05) is 24.6 Å². The molecule has 0 saturated heterocycles. The molecule has 25 heavy (non-hydrogen) atoms. The van der Waals surface area contributed by atoms with Gasteiger partial charge in [-0.25, -0.2) is 0 Å². The highest BCUT2D eigenvalue weighted by molar-refractivity contribution is 7.99. The average molecular weight is 353 g/mol. The van der Waals surface area contributed by atoms with Crippen LogP contribution >= 0.6 is 11.8 Å². The molecule has 0 saturated carbocycles. The van der Waals surface area contributed by atoms with Crippen molar-refractivity contribution in [2.24, 2.45) is 0 Å². The Morgan fingerprint density at radius 1 is 1.24 bits per heavy atom. The van der Waals surface area contributed by atoms with Crippen LogP contribution in [0.2, 0.25) is 0 Å². The molecular formula is C18H19N5OS. The first-order chi connectivity index (χ1) is 12.1. The molecule has 0 aliphatic rings. The third-order valence-corrected chi connectivity index (χ3v) is 4.77. The summed E-state index contributed by atoms with van der Waals surface area (Å²) in [4.78, 5) is 16.1. The van der Waals surface area contributed by atoms with Crippen molar-refractivity contribution in [2.45, 2.75) is 25.5 Å². The summed E-state index contributed by atoms with van der Waals surface area (Å²) in [6.45, 7) is 4.62. The second-order valence-corrected chi connectivity index (χ2v) is 6.62. The van der Waals surface area contributed by atoms with Gasteiger partial charge in [0.05, 0.1) is 5.75 Å². The lowest BCUT2D eigenvalue weighted by molar-refractivity contribution is -0.118. The zero-order valence-electron chi connectivity index (χ0n) is 14.1. The van der Waals surface area contributed by atoms with Gasteiger partial charge in [-0.1, -0.05) is 23.9 Å². The normalized spacial score (nSPS) is 10.6. The predicted octanol–water partition coefficient (Wildman–Crippen LogP) is 2.69. The quantitative estimate of drug-likeness (QED) is 0.690. The number of hydrogen-bond donors (Lipinski definition) is 1. The van der Waals surface area contributed by atoms with Gasteiger partial charge in [0.2, 0.25) is 5.91 Å². The molecule has 0 atom stereocenters. The topological polar surface area (TPSA) is 72.7 Å². The van der Waals surface area contributed by atoms with Gasteiger partial charge in [-0.2, -0.15) is 0 Å². The van der Waals surface area contributed by atoms with Crippen LogP contribution in [-0.4, -0.2) is 31.4 Å². The van der Waals surface area contributed by atoms with Crippen molar-refractivity contribution >= 4 is 17.7 Å². The van der Waals surface area contributed by atoms with Gasteiger partial charge in [0.1, 0.15) is 6.33 Å². The maximum absolute atomic E-state index is 12.0. The van der Waals surface area contributed by atoms with Crippen molar-refractivity contribution in [3.05, 3.63) is 65.7 Å². The number of rotatable bonds is 6. The van der Waals surface area contributed by atoms with E-state index < -0.39 is 0 Å². The van der Waals surface area contributed by atoms with Gasteiger partial charge in [-0.3, -0.25) is 14.3 Å². The number of carbonyl (C=O) groups is 1. The van der Waals surface area contributed by atoms with Crippen molar-refractivity contribution in [3.63, 3.8) is 0 Å². The van der Waals surface area contributed by atoms with E-state index in [9.17, 15) is 4.79 Å². The van der Waals surface area contributed by atoms with E-state index in [2.05, 4.69) is 46.5 Å². The maximum atomic E-state index is 12.0. The number of carbonyl (C=O) groups excluding carboxylic acids is 1. The van der Waals surface area contributed by atoms with Gasteiger partial charge >= 0.3 is 0 Å². The molecular weight excluding hydrogens is 334 g/mol. The molecule has 0 unspecified atom stereocenters.